The Morgan fingerprint density at radius 1 is 1.22 bits per heavy atom. The van der Waals surface area contributed by atoms with E-state index in [1.54, 1.807) is 12.1 Å². The fourth-order valence-corrected chi connectivity index (χ4v) is 5.66. The summed E-state index contributed by atoms with van der Waals surface area (Å²) in [6, 6.07) is 3.34. The second-order valence-corrected chi connectivity index (χ2v) is 10.4. The average molecular weight is 414 g/mol. The van der Waals surface area contributed by atoms with Gasteiger partial charge in [-0.1, -0.05) is 32.4 Å². The van der Waals surface area contributed by atoms with E-state index in [1.807, 2.05) is 20.8 Å². The number of nitrogens with zero attached hydrogens (tertiary/aromatic N) is 3. The molecule has 0 aliphatic carbocycles. The molecular weight excluding hydrogens is 390 g/mol. The molecule has 0 N–H and O–H groups in total. The van der Waals surface area contributed by atoms with E-state index in [9.17, 15) is 8.42 Å². The molecule has 0 bridgehead atoms. The van der Waals surface area contributed by atoms with E-state index in [-0.39, 0.29) is 27.0 Å². The number of fused-ring (bicyclic) bond motifs is 2. The van der Waals surface area contributed by atoms with Crippen LogP contribution in [0, 0.1) is 0 Å². The van der Waals surface area contributed by atoms with Crippen LogP contribution in [0.4, 0.5) is 0 Å². The zero-order valence-corrected chi connectivity index (χ0v) is 17.3. The fraction of sp³-hybridized carbons (Fsp3) is 0.611. The first-order valence-electron chi connectivity index (χ1n) is 9.09. The molecule has 7 nitrogen and oxygen atoms in total. The molecule has 148 valence electrons. The quantitative estimate of drug-likeness (QED) is 0.752. The van der Waals surface area contributed by atoms with E-state index in [0.29, 0.717) is 44.3 Å². The third-order valence-electron chi connectivity index (χ3n) is 5.10. The largest absolute Gasteiger partial charge is 0.439 e. The van der Waals surface area contributed by atoms with Crippen LogP contribution in [0.5, 0.6) is 0 Å². The fourth-order valence-electron chi connectivity index (χ4n) is 3.57. The van der Waals surface area contributed by atoms with Gasteiger partial charge in [0.2, 0.25) is 15.9 Å². The van der Waals surface area contributed by atoms with Crippen LogP contribution in [0.15, 0.2) is 21.4 Å². The van der Waals surface area contributed by atoms with Gasteiger partial charge in [-0.25, -0.2) is 13.4 Å². The van der Waals surface area contributed by atoms with Gasteiger partial charge in [0.25, 0.3) is 0 Å². The number of morpholine rings is 1. The summed E-state index contributed by atoms with van der Waals surface area (Å²) in [7, 11) is -3.82. The van der Waals surface area contributed by atoms with E-state index < -0.39 is 10.0 Å². The molecule has 1 unspecified atom stereocenters. The molecule has 2 aromatic rings. The number of hydrogen-bond donors (Lipinski definition) is 0. The van der Waals surface area contributed by atoms with E-state index in [2.05, 4.69) is 9.88 Å². The van der Waals surface area contributed by atoms with Crippen LogP contribution in [0.25, 0.3) is 11.1 Å². The maximum Gasteiger partial charge on any atom is 0.248 e. The highest BCUT2D eigenvalue weighted by Crippen LogP contribution is 2.36. The Kier molecular flexibility index (Phi) is 4.75. The van der Waals surface area contributed by atoms with Crippen molar-refractivity contribution < 1.29 is 17.6 Å². The molecule has 2 aliphatic heterocycles. The molecule has 0 saturated carbocycles. The smallest absolute Gasteiger partial charge is 0.248 e. The van der Waals surface area contributed by atoms with Crippen molar-refractivity contribution in [2.24, 2.45) is 0 Å². The van der Waals surface area contributed by atoms with E-state index >= 15 is 0 Å². The second-order valence-electron chi connectivity index (χ2n) is 8.12. The minimum absolute atomic E-state index is 0.00912. The topological polar surface area (TPSA) is 75.9 Å². The lowest BCUT2D eigenvalue weighted by atomic mass is 9.97. The zero-order chi connectivity index (χ0) is 19.4. The standard InChI is InChI=1S/C18H24ClN3O4S/c1-18(2,3)17-20-14-5-4-13(19)16(15(14)26-17)27(23,24)22-7-6-21-8-9-25-11-12(21)10-22/h4-5,12H,6-11H2,1-3H3. The van der Waals surface area contributed by atoms with Gasteiger partial charge in [-0.15, -0.1) is 0 Å². The van der Waals surface area contributed by atoms with Crippen molar-refractivity contribution in [2.45, 2.75) is 37.1 Å². The number of ether oxygens (including phenoxy) is 1. The minimum Gasteiger partial charge on any atom is -0.439 e. The van der Waals surface area contributed by atoms with Crippen LogP contribution in [-0.2, 0) is 20.2 Å². The maximum atomic E-state index is 13.4. The summed E-state index contributed by atoms with van der Waals surface area (Å²) >= 11 is 6.34. The third kappa shape index (κ3) is 3.38. The third-order valence-corrected chi connectivity index (χ3v) is 7.46. The lowest BCUT2D eigenvalue weighted by molar-refractivity contribution is -0.0304. The monoisotopic (exact) mass is 413 g/mol. The highest BCUT2D eigenvalue weighted by molar-refractivity contribution is 7.89. The SMILES string of the molecule is CC(C)(C)c1nc2ccc(Cl)c(S(=O)(=O)N3CCN4CCOCC4C3)c2o1. The van der Waals surface area contributed by atoms with Crippen LogP contribution >= 0.6 is 11.6 Å². The van der Waals surface area contributed by atoms with Crippen molar-refractivity contribution in [1.82, 2.24) is 14.2 Å². The van der Waals surface area contributed by atoms with Gasteiger partial charge in [0.1, 0.15) is 10.4 Å². The molecule has 1 aromatic carbocycles. The molecule has 2 fully saturated rings. The van der Waals surface area contributed by atoms with E-state index in [0.717, 1.165) is 6.54 Å². The molecule has 4 rings (SSSR count). The lowest BCUT2D eigenvalue weighted by Crippen LogP contribution is -2.59. The molecule has 9 heteroatoms. The lowest BCUT2D eigenvalue weighted by Gasteiger charge is -2.43. The number of benzene rings is 1. The van der Waals surface area contributed by atoms with Crippen molar-refractivity contribution in [3.63, 3.8) is 0 Å². The van der Waals surface area contributed by atoms with Crippen molar-refractivity contribution in [2.75, 3.05) is 39.4 Å². The van der Waals surface area contributed by atoms with Crippen LogP contribution in [0.3, 0.4) is 0 Å². The molecule has 1 atom stereocenters. The summed E-state index contributed by atoms with van der Waals surface area (Å²) in [6.07, 6.45) is 0. The summed E-state index contributed by atoms with van der Waals surface area (Å²) in [5, 5.41) is 0.154. The Labute approximate surface area is 164 Å². The molecule has 0 spiro atoms. The first-order valence-corrected chi connectivity index (χ1v) is 10.9. The van der Waals surface area contributed by atoms with Crippen LogP contribution in [0.2, 0.25) is 5.02 Å². The number of rotatable bonds is 2. The van der Waals surface area contributed by atoms with E-state index in [4.69, 9.17) is 20.8 Å². The Balaban J connectivity index is 1.76. The molecule has 2 saturated heterocycles. The zero-order valence-electron chi connectivity index (χ0n) is 15.7. The highest BCUT2D eigenvalue weighted by atomic mass is 35.5. The molecular formula is C18H24ClN3O4S. The number of sulfonamides is 1. The Bertz CT molecular complexity index is 967. The van der Waals surface area contributed by atoms with Crippen molar-refractivity contribution in [3.8, 4) is 0 Å². The first-order chi connectivity index (χ1) is 12.7. The van der Waals surface area contributed by atoms with Gasteiger partial charge in [0, 0.05) is 37.6 Å². The molecule has 0 radical (unpaired) electrons. The summed E-state index contributed by atoms with van der Waals surface area (Å²) < 4.78 is 39.8. The van der Waals surface area contributed by atoms with Crippen LogP contribution < -0.4 is 0 Å². The first kappa shape index (κ1) is 19.1. The van der Waals surface area contributed by atoms with E-state index in [1.165, 1.54) is 4.31 Å². The van der Waals surface area contributed by atoms with Gasteiger partial charge in [-0.2, -0.15) is 4.31 Å². The second kappa shape index (κ2) is 6.70. The van der Waals surface area contributed by atoms with Gasteiger partial charge in [0.05, 0.1) is 18.2 Å². The van der Waals surface area contributed by atoms with Crippen molar-refractivity contribution >= 4 is 32.7 Å². The van der Waals surface area contributed by atoms with Crippen LogP contribution in [-0.4, -0.2) is 68.0 Å². The number of oxazole rings is 1. The minimum atomic E-state index is -3.82. The summed E-state index contributed by atoms with van der Waals surface area (Å²) in [4.78, 5) is 6.76. The van der Waals surface area contributed by atoms with Crippen molar-refractivity contribution in [1.29, 1.82) is 0 Å². The number of piperazine rings is 1. The highest BCUT2D eigenvalue weighted by Gasteiger charge is 2.38. The number of hydrogen-bond acceptors (Lipinski definition) is 6. The average Bonchev–Trinajstić information content (AvgIpc) is 3.05. The molecule has 1 aromatic heterocycles. The summed E-state index contributed by atoms with van der Waals surface area (Å²) in [5.74, 6) is 0.488. The normalized spacial score (nSPS) is 22.9. The Morgan fingerprint density at radius 2 is 2.00 bits per heavy atom. The molecule has 3 heterocycles. The number of aromatic nitrogens is 1. The van der Waals surface area contributed by atoms with Gasteiger partial charge in [-0.3, -0.25) is 4.90 Å². The summed E-state index contributed by atoms with van der Waals surface area (Å²) in [6.45, 7) is 9.47. The molecule has 0 amide bonds. The predicted molar refractivity (Wildman–Crippen MR) is 103 cm³/mol. The molecule has 2 aliphatic rings. The van der Waals surface area contributed by atoms with Gasteiger partial charge in [-0.05, 0) is 12.1 Å². The van der Waals surface area contributed by atoms with Crippen LogP contribution in [0.1, 0.15) is 26.7 Å². The van der Waals surface area contributed by atoms with Crippen molar-refractivity contribution in [3.05, 3.63) is 23.0 Å². The van der Waals surface area contributed by atoms with Gasteiger partial charge >= 0.3 is 0 Å². The Hall–Kier alpha value is -1.19. The maximum absolute atomic E-state index is 13.4. The van der Waals surface area contributed by atoms with Gasteiger partial charge in [0.15, 0.2) is 5.58 Å². The van der Waals surface area contributed by atoms with Gasteiger partial charge < -0.3 is 9.15 Å². The summed E-state index contributed by atoms with van der Waals surface area (Å²) in [5.41, 5.74) is 0.398. The molecule has 27 heavy (non-hydrogen) atoms. The Morgan fingerprint density at radius 3 is 2.74 bits per heavy atom. The number of halogens is 1. The predicted octanol–water partition coefficient (Wildman–Crippen LogP) is 2.48.